The van der Waals surface area contributed by atoms with Gasteiger partial charge in [0, 0.05) is 49.7 Å². The van der Waals surface area contributed by atoms with Gasteiger partial charge in [-0.25, -0.2) is 0 Å². The zero-order valence-electron chi connectivity index (χ0n) is 18.4. The maximum Gasteiger partial charge on any atom is 0.191 e. The number of methoxy groups -OCH3 is 1. The van der Waals surface area contributed by atoms with Crippen LogP contribution in [0, 0.1) is 0 Å². The molecule has 0 radical (unpaired) electrons. The second-order valence-electron chi connectivity index (χ2n) is 7.78. The molecule has 30 heavy (non-hydrogen) atoms. The molecule has 6 nitrogen and oxygen atoms in total. The molecule has 8 heteroatoms. The van der Waals surface area contributed by atoms with Gasteiger partial charge >= 0.3 is 0 Å². The predicted molar refractivity (Wildman–Crippen MR) is 136 cm³/mol. The van der Waals surface area contributed by atoms with E-state index in [0.717, 1.165) is 68.5 Å². The lowest BCUT2D eigenvalue weighted by molar-refractivity contribution is 0.0783. The van der Waals surface area contributed by atoms with Crippen LogP contribution >= 0.6 is 35.7 Å². The average molecular weight is 550 g/mol. The molecule has 1 aromatic rings. The van der Waals surface area contributed by atoms with Gasteiger partial charge in [0.1, 0.15) is 11.5 Å². The molecule has 1 aromatic carbocycles. The molecule has 2 N–H and O–H groups in total. The SMILES string of the molecule is CN=C(NCc1ccc(OC)cc1OC1CCCC1)NCC1(SC)CCOCC1.I. The Bertz CT molecular complexity index is 678. The minimum absolute atomic E-state index is 0. The predicted octanol–water partition coefficient (Wildman–Crippen LogP) is 4.21. The first-order chi connectivity index (χ1) is 14.2. The summed E-state index contributed by atoms with van der Waals surface area (Å²) >= 11 is 1.93. The summed E-state index contributed by atoms with van der Waals surface area (Å²) in [4.78, 5) is 4.41. The summed E-state index contributed by atoms with van der Waals surface area (Å²) in [6, 6.07) is 6.06. The molecule has 1 heterocycles. The minimum Gasteiger partial charge on any atom is -0.497 e. The molecule has 0 amide bonds. The lowest BCUT2D eigenvalue weighted by Gasteiger charge is -2.36. The lowest BCUT2D eigenvalue weighted by atomic mass is 9.99. The fourth-order valence-corrected chi connectivity index (χ4v) is 4.74. The fourth-order valence-electron chi connectivity index (χ4n) is 3.94. The first kappa shape index (κ1) is 25.4. The van der Waals surface area contributed by atoms with Crippen molar-refractivity contribution < 1.29 is 14.2 Å². The summed E-state index contributed by atoms with van der Waals surface area (Å²) in [5, 5.41) is 6.96. The molecule has 1 saturated carbocycles. The maximum atomic E-state index is 6.31. The smallest absolute Gasteiger partial charge is 0.191 e. The van der Waals surface area contributed by atoms with Gasteiger partial charge in [-0.1, -0.05) is 0 Å². The van der Waals surface area contributed by atoms with Crippen LogP contribution in [-0.4, -0.2) is 57.0 Å². The van der Waals surface area contributed by atoms with Crippen LogP contribution in [0.25, 0.3) is 0 Å². The Morgan fingerprint density at radius 3 is 2.60 bits per heavy atom. The summed E-state index contributed by atoms with van der Waals surface area (Å²) in [6.45, 7) is 3.21. The van der Waals surface area contributed by atoms with E-state index in [2.05, 4.69) is 27.9 Å². The average Bonchev–Trinajstić information content (AvgIpc) is 3.28. The van der Waals surface area contributed by atoms with Crippen LogP contribution < -0.4 is 20.1 Å². The van der Waals surface area contributed by atoms with Crippen molar-refractivity contribution in [3.63, 3.8) is 0 Å². The van der Waals surface area contributed by atoms with E-state index >= 15 is 0 Å². The Labute approximate surface area is 202 Å². The Morgan fingerprint density at radius 2 is 1.97 bits per heavy atom. The van der Waals surface area contributed by atoms with Crippen molar-refractivity contribution in [3.8, 4) is 11.5 Å². The lowest BCUT2D eigenvalue weighted by Crippen LogP contribution is -2.47. The Hall–Kier alpha value is -0.870. The maximum absolute atomic E-state index is 6.31. The molecule has 1 aliphatic heterocycles. The normalized spacial score (nSPS) is 19.1. The van der Waals surface area contributed by atoms with Gasteiger partial charge in [0.05, 0.1) is 13.2 Å². The van der Waals surface area contributed by atoms with E-state index in [0.29, 0.717) is 12.6 Å². The summed E-state index contributed by atoms with van der Waals surface area (Å²) in [7, 11) is 3.51. The van der Waals surface area contributed by atoms with E-state index in [1.54, 1.807) is 7.11 Å². The number of hydrogen-bond donors (Lipinski definition) is 2. The molecule has 0 unspecified atom stereocenters. The molecule has 170 valence electrons. The summed E-state index contributed by atoms with van der Waals surface area (Å²) in [5.74, 6) is 2.54. The monoisotopic (exact) mass is 549 g/mol. The molecular weight excluding hydrogens is 513 g/mol. The highest BCUT2D eigenvalue weighted by Crippen LogP contribution is 2.33. The third kappa shape index (κ3) is 7.09. The molecule has 1 aliphatic carbocycles. The van der Waals surface area contributed by atoms with Crippen LogP contribution in [0.3, 0.4) is 0 Å². The van der Waals surface area contributed by atoms with Gasteiger partial charge in [-0.15, -0.1) is 24.0 Å². The number of rotatable bonds is 8. The Kier molecular flexibility index (Phi) is 10.9. The molecule has 0 aromatic heterocycles. The molecule has 0 atom stereocenters. The summed E-state index contributed by atoms with van der Waals surface area (Å²) in [6.07, 6.45) is 9.40. The van der Waals surface area contributed by atoms with Crippen molar-refractivity contribution in [2.75, 3.05) is 40.2 Å². The van der Waals surface area contributed by atoms with Crippen molar-refractivity contribution in [1.29, 1.82) is 0 Å². The topological polar surface area (TPSA) is 64.1 Å². The highest BCUT2D eigenvalue weighted by molar-refractivity contribution is 14.0. The van der Waals surface area contributed by atoms with E-state index < -0.39 is 0 Å². The standard InChI is InChI=1S/C22H35N3O3S.HI/c1-23-21(25-16-22(29-3)10-12-27-13-11-22)24-15-17-8-9-19(26-2)14-20(17)28-18-6-4-5-7-18;/h8-9,14,18H,4-7,10-13,15-16H2,1-3H3,(H2,23,24,25);1H. The minimum atomic E-state index is 0. The van der Waals surface area contributed by atoms with Gasteiger partial charge in [0.25, 0.3) is 0 Å². The number of aliphatic imine (C=N–C) groups is 1. The van der Waals surface area contributed by atoms with E-state index in [4.69, 9.17) is 14.2 Å². The molecular formula is C22H36IN3O3S. The number of guanidine groups is 1. The number of nitrogens with one attached hydrogen (secondary N) is 2. The van der Waals surface area contributed by atoms with E-state index in [-0.39, 0.29) is 28.7 Å². The van der Waals surface area contributed by atoms with Gasteiger partial charge in [0.15, 0.2) is 5.96 Å². The van der Waals surface area contributed by atoms with Gasteiger partial charge in [-0.3, -0.25) is 4.99 Å². The van der Waals surface area contributed by atoms with Gasteiger partial charge in [0.2, 0.25) is 0 Å². The van der Waals surface area contributed by atoms with Crippen LogP contribution in [0.5, 0.6) is 11.5 Å². The highest BCUT2D eigenvalue weighted by atomic mass is 127. The largest absolute Gasteiger partial charge is 0.497 e. The molecule has 3 rings (SSSR count). The van der Waals surface area contributed by atoms with Crippen molar-refractivity contribution in [3.05, 3.63) is 23.8 Å². The third-order valence-electron chi connectivity index (χ3n) is 5.96. The number of nitrogens with zero attached hydrogens (tertiary/aromatic N) is 1. The van der Waals surface area contributed by atoms with Crippen molar-refractivity contribution in [1.82, 2.24) is 10.6 Å². The summed E-state index contributed by atoms with van der Waals surface area (Å²) in [5.41, 5.74) is 1.12. The quantitative estimate of drug-likeness (QED) is 0.288. The third-order valence-corrected chi connectivity index (χ3v) is 7.37. The molecule has 0 spiro atoms. The molecule has 2 fully saturated rings. The second kappa shape index (κ2) is 12.9. The highest BCUT2D eigenvalue weighted by Gasteiger charge is 2.31. The Morgan fingerprint density at radius 1 is 1.23 bits per heavy atom. The molecule has 0 bridgehead atoms. The zero-order chi connectivity index (χ0) is 20.5. The van der Waals surface area contributed by atoms with Gasteiger partial charge < -0.3 is 24.8 Å². The van der Waals surface area contributed by atoms with Crippen LogP contribution in [0.15, 0.2) is 23.2 Å². The summed E-state index contributed by atoms with van der Waals surface area (Å²) < 4.78 is 17.5. The van der Waals surface area contributed by atoms with Crippen LogP contribution in [-0.2, 0) is 11.3 Å². The van der Waals surface area contributed by atoms with Crippen molar-refractivity contribution >= 4 is 41.7 Å². The van der Waals surface area contributed by atoms with Gasteiger partial charge in [-0.05, 0) is 56.9 Å². The van der Waals surface area contributed by atoms with E-state index in [9.17, 15) is 0 Å². The van der Waals surface area contributed by atoms with Crippen molar-refractivity contribution in [2.45, 2.75) is 55.9 Å². The first-order valence-electron chi connectivity index (χ1n) is 10.6. The van der Waals surface area contributed by atoms with Crippen LogP contribution in [0.4, 0.5) is 0 Å². The number of halogens is 1. The fraction of sp³-hybridized carbons (Fsp3) is 0.682. The number of ether oxygens (including phenoxy) is 3. The second-order valence-corrected chi connectivity index (χ2v) is 9.05. The van der Waals surface area contributed by atoms with E-state index in [1.165, 1.54) is 12.8 Å². The first-order valence-corrected chi connectivity index (χ1v) is 11.8. The van der Waals surface area contributed by atoms with Crippen LogP contribution in [0.2, 0.25) is 0 Å². The van der Waals surface area contributed by atoms with Crippen LogP contribution in [0.1, 0.15) is 44.1 Å². The van der Waals surface area contributed by atoms with Gasteiger partial charge in [-0.2, -0.15) is 11.8 Å². The number of benzene rings is 1. The molecule has 2 aliphatic rings. The number of hydrogen-bond acceptors (Lipinski definition) is 5. The zero-order valence-corrected chi connectivity index (χ0v) is 21.5. The van der Waals surface area contributed by atoms with Crippen molar-refractivity contribution in [2.24, 2.45) is 4.99 Å². The number of thioether (sulfide) groups is 1. The Balaban J connectivity index is 0.00000320. The molecule has 1 saturated heterocycles. The van der Waals surface area contributed by atoms with E-state index in [1.807, 2.05) is 30.9 Å².